The van der Waals surface area contributed by atoms with Crippen molar-refractivity contribution in [3.8, 4) is 0 Å². The zero-order valence-electron chi connectivity index (χ0n) is 10.4. The third-order valence-electron chi connectivity index (χ3n) is 2.45. The van der Waals surface area contributed by atoms with Crippen molar-refractivity contribution >= 4 is 27.8 Å². The predicted molar refractivity (Wildman–Crippen MR) is 70.1 cm³/mol. The van der Waals surface area contributed by atoms with Crippen molar-refractivity contribution < 1.29 is 14.3 Å². The molecule has 0 aromatic carbocycles. The smallest absolute Gasteiger partial charge is 0.305 e. The number of aromatic nitrogens is 1. The van der Waals surface area contributed by atoms with E-state index in [0.29, 0.717) is 29.4 Å². The Hall–Kier alpha value is -1.43. The Labute approximate surface area is 114 Å². The molecule has 0 aliphatic heterocycles. The molecule has 0 atom stereocenters. The molecule has 0 bridgehead atoms. The zero-order chi connectivity index (χ0) is 13.5. The molecule has 0 saturated carbocycles. The van der Waals surface area contributed by atoms with E-state index in [-0.39, 0.29) is 11.9 Å². The van der Waals surface area contributed by atoms with Crippen molar-refractivity contribution in [2.75, 3.05) is 20.7 Å². The van der Waals surface area contributed by atoms with Gasteiger partial charge in [-0.05, 0) is 28.4 Å². The Bertz CT molecular complexity index is 437. The van der Waals surface area contributed by atoms with Crippen molar-refractivity contribution in [1.82, 2.24) is 9.88 Å². The van der Waals surface area contributed by atoms with Gasteiger partial charge in [-0.3, -0.25) is 14.6 Å². The van der Waals surface area contributed by atoms with E-state index < -0.39 is 0 Å². The van der Waals surface area contributed by atoms with E-state index in [4.69, 9.17) is 0 Å². The van der Waals surface area contributed by atoms with Crippen LogP contribution in [0, 0.1) is 0 Å². The van der Waals surface area contributed by atoms with Crippen LogP contribution in [-0.2, 0) is 9.53 Å². The molecule has 1 aromatic rings. The van der Waals surface area contributed by atoms with Gasteiger partial charge in [0.05, 0.1) is 12.7 Å². The number of hydrogen-bond donors (Lipinski definition) is 0. The second-order valence-corrected chi connectivity index (χ2v) is 4.62. The number of hydrogen-bond acceptors (Lipinski definition) is 4. The summed E-state index contributed by atoms with van der Waals surface area (Å²) in [5, 5.41) is 0. The fourth-order valence-electron chi connectivity index (χ4n) is 1.42. The first kappa shape index (κ1) is 14.6. The fourth-order valence-corrected chi connectivity index (χ4v) is 1.84. The quantitative estimate of drug-likeness (QED) is 0.778. The molecule has 0 aliphatic rings. The minimum absolute atomic E-state index is 0.103. The normalized spacial score (nSPS) is 9.94. The van der Waals surface area contributed by atoms with Crippen LogP contribution in [0.5, 0.6) is 0 Å². The van der Waals surface area contributed by atoms with Gasteiger partial charge in [-0.1, -0.05) is 0 Å². The molecule has 0 fully saturated rings. The summed E-state index contributed by atoms with van der Waals surface area (Å²) in [5.74, 6) is -0.366. The van der Waals surface area contributed by atoms with Crippen molar-refractivity contribution in [2.45, 2.75) is 12.8 Å². The summed E-state index contributed by atoms with van der Waals surface area (Å²) in [6.07, 6.45) is 4.04. The van der Waals surface area contributed by atoms with E-state index in [1.807, 2.05) is 0 Å². The highest BCUT2D eigenvalue weighted by molar-refractivity contribution is 9.10. The first-order valence-electron chi connectivity index (χ1n) is 5.48. The first-order valence-corrected chi connectivity index (χ1v) is 6.27. The van der Waals surface area contributed by atoms with Gasteiger partial charge in [0.15, 0.2) is 0 Å². The summed E-state index contributed by atoms with van der Waals surface area (Å²) in [4.78, 5) is 28.5. The average molecular weight is 315 g/mol. The summed E-state index contributed by atoms with van der Waals surface area (Å²) < 4.78 is 5.20. The molecular weight excluding hydrogens is 300 g/mol. The predicted octanol–water partition coefficient (Wildman–Crippen LogP) is 1.87. The zero-order valence-corrected chi connectivity index (χ0v) is 11.9. The van der Waals surface area contributed by atoms with Gasteiger partial charge in [0.1, 0.15) is 0 Å². The number of halogens is 1. The van der Waals surface area contributed by atoms with E-state index in [1.165, 1.54) is 7.11 Å². The summed E-state index contributed by atoms with van der Waals surface area (Å²) in [6, 6.07) is 1.66. The maximum absolute atomic E-state index is 12.1. The summed E-state index contributed by atoms with van der Waals surface area (Å²) in [5.41, 5.74) is 0.561. The van der Waals surface area contributed by atoms with Gasteiger partial charge in [-0.2, -0.15) is 0 Å². The lowest BCUT2D eigenvalue weighted by molar-refractivity contribution is -0.140. The lowest BCUT2D eigenvalue weighted by Crippen LogP contribution is -2.28. The minimum atomic E-state index is -0.263. The van der Waals surface area contributed by atoms with Crippen molar-refractivity contribution in [3.63, 3.8) is 0 Å². The van der Waals surface area contributed by atoms with Crippen molar-refractivity contribution in [3.05, 3.63) is 28.5 Å². The van der Waals surface area contributed by atoms with E-state index >= 15 is 0 Å². The second kappa shape index (κ2) is 7.10. The number of pyridine rings is 1. The third-order valence-corrected chi connectivity index (χ3v) is 3.08. The molecule has 98 valence electrons. The summed E-state index contributed by atoms with van der Waals surface area (Å²) in [6.45, 7) is 0.503. The highest BCUT2D eigenvalue weighted by Gasteiger charge is 2.14. The number of nitrogens with zero attached hydrogens (tertiary/aromatic N) is 2. The minimum Gasteiger partial charge on any atom is -0.469 e. The first-order chi connectivity index (χ1) is 8.56. The maximum atomic E-state index is 12.1. The molecule has 5 nitrogen and oxygen atoms in total. The lowest BCUT2D eigenvalue weighted by atomic mass is 10.2. The highest BCUT2D eigenvalue weighted by atomic mass is 79.9. The largest absolute Gasteiger partial charge is 0.469 e. The van der Waals surface area contributed by atoms with Gasteiger partial charge in [-0.15, -0.1) is 0 Å². The topological polar surface area (TPSA) is 59.5 Å². The standard InChI is InChI=1S/C12H15BrN2O3/c1-15(7-3-4-11(16)18-2)12(17)9-5-6-14-8-10(9)13/h5-6,8H,3-4,7H2,1-2H3. The van der Waals surface area contributed by atoms with Crippen LogP contribution >= 0.6 is 15.9 Å². The van der Waals surface area contributed by atoms with Gasteiger partial charge in [0, 0.05) is 36.9 Å². The molecule has 1 rings (SSSR count). The molecule has 0 spiro atoms. The molecule has 0 saturated heterocycles. The van der Waals surface area contributed by atoms with E-state index in [9.17, 15) is 9.59 Å². The van der Waals surface area contributed by atoms with Gasteiger partial charge in [0.25, 0.3) is 5.91 Å². The van der Waals surface area contributed by atoms with Crippen LogP contribution in [0.2, 0.25) is 0 Å². The van der Waals surface area contributed by atoms with Crippen LogP contribution in [0.1, 0.15) is 23.2 Å². The third kappa shape index (κ3) is 4.10. The number of esters is 1. The van der Waals surface area contributed by atoms with Crippen LogP contribution in [-0.4, -0.2) is 42.5 Å². The number of amides is 1. The van der Waals surface area contributed by atoms with E-state index in [1.54, 1.807) is 30.4 Å². The van der Waals surface area contributed by atoms with Crippen molar-refractivity contribution in [2.24, 2.45) is 0 Å². The Morgan fingerprint density at radius 3 is 2.83 bits per heavy atom. The molecule has 18 heavy (non-hydrogen) atoms. The molecule has 0 unspecified atom stereocenters. The van der Waals surface area contributed by atoms with Gasteiger partial charge in [-0.25, -0.2) is 0 Å². The van der Waals surface area contributed by atoms with Crippen LogP contribution in [0.25, 0.3) is 0 Å². The number of carbonyl (C=O) groups is 2. The van der Waals surface area contributed by atoms with Gasteiger partial charge < -0.3 is 9.64 Å². The second-order valence-electron chi connectivity index (χ2n) is 3.76. The average Bonchev–Trinajstić information content (AvgIpc) is 2.38. The summed E-state index contributed by atoms with van der Waals surface area (Å²) >= 11 is 3.28. The van der Waals surface area contributed by atoms with Crippen molar-refractivity contribution in [1.29, 1.82) is 0 Å². The lowest BCUT2D eigenvalue weighted by Gasteiger charge is -2.17. The molecule has 6 heteroatoms. The number of rotatable bonds is 5. The molecule has 0 aliphatic carbocycles. The number of ether oxygens (including phenoxy) is 1. The van der Waals surface area contributed by atoms with Gasteiger partial charge >= 0.3 is 5.97 Å². The van der Waals surface area contributed by atoms with E-state index in [2.05, 4.69) is 25.7 Å². The molecule has 0 radical (unpaired) electrons. The molecule has 0 N–H and O–H groups in total. The van der Waals surface area contributed by atoms with E-state index in [0.717, 1.165) is 0 Å². The molecule has 1 amide bonds. The molecular formula is C12H15BrN2O3. The Morgan fingerprint density at radius 1 is 1.50 bits per heavy atom. The summed E-state index contributed by atoms with van der Waals surface area (Å²) in [7, 11) is 3.05. The molecule has 1 aromatic heterocycles. The van der Waals surface area contributed by atoms with Crippen LogP contribution in [0.4, 0.5) is 0 Å². The fraction of sp³-hybridized carbons (Fsp3) is 0.417. The Morgan fingerprint density at radius 2 is 2.22 bits per heavy atom. The number of carbonyl (C=O) groups excluding carboxylic acids is 2. The van der Waals surface area contributed by atoms with Crippen LogP contribution in [0.3, 0.4) is 0 Å². The Balaban J connectivity index is 2.52. The Kier molecular flexibility index (Phi) is 5.77. The molecule has 1 heterocycles. The van der Waals surface area contributed by atoms with Gasteiger partial charge in [0.2, 0.25) is 0 Å². The highest BCUT2D eigenvalue weighted by Crippen LogP contribution is 2.16. The van der Waals surface area contributed by atoms with Crippen LogP contribution in [0.15, 0.2) is 22.9 Å². The van der Waals surface area contributed by atoms with Crippen LogP contribution < -0.4 is 0 Å². The monoisotopic (exact) mass is 314 g/mol. The SMILES string of the molecule is COC(=O)CCCN(C)C(=O)c1ccncc1Br. The maximum Gasteiger partial charge on any atom is 0.305 e. The number of methoxy groups -OCH3 is 1.